The lowest BCUT2D eigenvalue weighted by atomic mass is 10.2. The van der Waals surface area contributed by atoms with Crippen LogP contribution in [0.25, 0.3) is 0 Å². The first kappa shape index (κ1) is 15.4. The van der Waals surface area contributed by atoms with Gasteiger partial charge in [-0.3, -0.25) is 4.79 Å². The van der Waals surface area contributed by atoms with E-state index in [0.717, 1.165) is 5.56 Å². The van der Waals surface area contributed by atoms with E-state index in [4.69, 9.17) is 22.1 Å². The van der Waals surface area contributed by atoms with Crippen molar-refractivity contribution in [2.75, 3.05) is 11.1 Å². The summed E-state index contributed by atoms with van der Waals surface area (Å²) in [5.41, 5.74) is 7.76. The summed E-state index contributed by atoms with van der Waals surface area (Å²) >= 11 is 6.04. The number of hydrogen-bond donors (Lipinski definition) is 2. The quantitative estimate of drug-likeness (QED) is 0.831. The Kier molecular flexibility index (Phi) is 5.20. The maximum atomic E-state index is 12.0. The largest absolute Gasteiger partial charge is 0.399 e. The summed E-state index contributed by atoms with van der Waals surface area (Å²) in [6, 6.07) is 14.4. The van der Waals surface area contributed by atoms with E-state index in [0.29, 0.717) is 16.4 Å². The van der Waals surface area contributed by atoms with Crippen LogP contribution in [0.2, 0.25) is 5.02 Å². The molecule has 1 amide bonds. The van der Waals surface area contributed by atoms with Gasteiger partial charge < -0.3 is 15.8 Å². The molecule has 3 N–H and O–H groups in total. The minimum absolute atomic E-state index is 0.229. The van der Waals surface area contributed by atoms with Crippen LogP contribution in [0.15, 0.2) is 48.5 Å². The molecule has 5 heteroatoms. The number of halogens is 1. The minimum Gasteiger partial charge on any atom is -0.399 e. The van der Waals surface area contributed by atoms with Crippen molar-refractivity contribution in [1.82, 2.24) is 0 Å². The lowest BCUT2D eigenvalue weighted by molar-refractivity contribution is -0.127. The molecule has 2 rings (SSSR count). The van der Waals surface area contributed by atoms with Gasteiger partial charge in [-0.15, -0.1) is 0 Å². The van der Waals surface area contributed by atoms with Gasteiger partial charge in [-0.25, -0.2) is 0 Å². The monoisotopic (exact) mass is 304 g/mol. The van der Waals surface area contributed by atoms with Gasteiger partial charge >= 0.3 is 0 Å². The van der Waals surface area contributed by atoms with Crippen LogP contribution in [0.4, 0.5) is 11.4 Å². The van der Waals surface area contributed by atoms with Crippen molar-refractivity contribution in [3.05, 3.63) is 59.1 Å². The fourth-order valence-corrected chi connectivity index (χ4v) is 1.96. The van der Waals surface area contributed by atoms with Crippen molar-refractivity contribution in [3.63, 3.8) is 0 Å². The molecule has 0 aliphatic rings. The van der Waals surface area contributed by atoms with E-state index < -0.39 is 6.10 Å². The van der Waals surface area contributed by atoms with Crippen LogP contribution in [0, 0.1) is 0 Å². The highest BCUT2D eigenvalue weighted by Gasteiger charge is 2.14. The van der Waals surface area contributed by atoms with Crippen molar-refractivity contribution >= 4 is 28.9 Å². The van der Waals surface area contributed by atoms with Gasteiger partial charge in [0.05, 0.1) is 6.61 Å². The van der Waals surface area contributed by atoms with Crippen LogP contribution in [0.5, 0.6) is 0 Å². The lowest BCUT2D eigenvalue weighted by Crippen LogP contribution is -2.27. The number of nitrogens with one attached hydrogen (secondary N) is 1. The molecule has 0 aromatic heterocycles. The molecule has 2 aromatic carbocycles. The average molecular weight is 305 g/mol. The van der Waals surface area contributed by atoms with E-state index in [-0.39, 0.29) is 12.5 Å². The molecule has 0 saturated carbocycles. The molecule has 21 heavy (non-hydrogen) atoms. The molecule has 0 aliphatic carbocycles. The summed E-state index contributed by atoms with van der Waals surface area (Å²) in [5, 5.41) is 3.38. The molecule has 4 nitrogen and oxygen atoms in total. The van der Waals surface area contributed by atoms with Crippen LogP contribution in [0.1, 0.15) is 12.5 Å². The summed E-state index contributed by atoms with van der Waals surface area (Å²) in [4.78, 5) is 12.0. The number of nitrogens with two attached hydrogens (primary N) is 1. The van der Waals surface area contributed by atoms with E-state index in [1.807, 2.05) is 18.2 Å². The van der Waals surface area contributed by atoms with Gasteiger partial charge in [-0.1, -0.05) is 35.9 Å². The fraction of sp³-hybridized carbons (Fsp3) is 0.188. The molecular weight excluding hydrogens is 288 g/mol. The third-order valence-electron chi connectivity index (χ3n) is 2.97. The van der Waals surface area contributed by atoms with Crippen LogP contribution < -0.4 is 11.1 Å². The second-order valence-corrected chi connectivity index (χ2v) is 5.07. The Morgan fingerprint density at radius 1 is 1.29 bits per heavy atom. The van der Waals surface area contributed by atoms with Gasteiger partial charge in [-0.05, 0) is 36.8 Å². The molecule has 0 radical (unpaired) electrons. The zero-order valence-electron chi connectivity index (χ0n) is 11.7. The molecule has 0 spiro atoms. The Balaban J connectivity index is 1.90. The van der Waals surface area contributed by atoms with Crippen LogP contribution >= 0.6 is 11.6 Å². The summed E-state index contributed by atoms with van der Waals surface area (Å²) in [5.74, 6) is -0.229. The number of benzene rings is 2. The Morgan fingerprint density at radius 3 is 2.76 bits per heavy atom. The number of carbonyl (C=O) groups excluding carboxylic acids is 1. The van der Waals surface area contributed by atoms with Gasteiger partial charge in [0.2, 0.25) is 0 Å². The first-order valence-corrected chi connectivity index (χ1v) is 6.95. The van der Waals surface area contributed by atoms with Crippen molar-refractivity contribution in [2.45, 2.75) is 19.6 Å². The van der Waals surface area contributed by atoms with Crippen molar-refractivity contribution in [2.24, 2.45) is 0 Å². The molecule has 1 unspecified atom stereocenters. The summed E-state index contributed by atoms with van der Waals surface area (Å²) in [6.07, 6.45) is -0.595. The SMILES string of the molecule is CC(OCc1ccccc1Cl)C(=O)Nc1cccc(N)c1. The maximum absolute atomic E-state index is 12.0. The summed E-state index contributed by atoms with van der Waals surface area (Å²) < 4.78 is 5.55. The lowest BCUT2D eigenvalue weighted by Gasteiger charge is -2.14. The van der Waals surface area contributed by atoms with E-state index in [1.54, 1.807) is 37.3 Å². The van der Waals surface area contributed by atoms with E-state index >= 15 is 0 Å². The maximum Gasteiger partial charge on any atom is 0.253 e. The van der Waals surface area contributed by atoms with Crippen molar-refractivity contribution in [1.29, 1.82) is 0 Å². The average Bonchev–Trinajstić information content (AvgIpc) is 2.46. The number of nitrogen functional groups attached to an aromatic ring is 1. The van der Waals surface area contributed by atoms with Crippen molar-refractivity contribution < 1.29 is 9.53 Å². The zero-order chi connectivity index (χ0) is 15.2. The Morgan fingerprint density at radius 2 is 2.05 bits per heavy atom. The molecular formula is C16H17ClN2O2. The molecule has 0 aliphatic heterocycles. The second-order valence-electron chi connectivity index (χ2n) is 4.66. The predicted molar refractivity (Wildman–Crippen MR) is 85.2 cm³/mol. The number of hydrogen-bond acceptors (Lipinski definition) is 3. The van der Waals surface area contributed by atoms with E-state index in [9.17, 15) is 4.79 Å². The second kappa shape index (κ2) is 7.11. The standard InChI is InChI=1S/C16H17ClN2O2/c1-11(21-10-12-5-2-3-8-15(12)17)16(20)19-14-7-4-6-13(18)9-14/h2-9,11H,10,18H2,1H3,(H,19,20). The van der Waals surface area contributed by atoms with Crippen LogP contribution in [-0.4, -0.2) is 12.0 Å². The van der Waals surface area contributed by atoms with Gasteiger partial charge in [0.1, 0.15) is 6.10 Å². The minimum atomic E-state index is -0.595. The molecule has 1 atom stereocenters. The summed E-state index contributed by atoms with van der Waals surface area (Å²) in [7, 11) is 0. The van der Waals surface area contributed by atoms with Gasteiger partial charge in [0.15, 0.2) is 0 Å². The van der Waals surface area contributed by atoms with Gasteiger partial charge in [-0.2, -0.15) is 0 Å². The first-order valence-electron chi connectivity index (χ1n) is 6.57. The Hall–Kier alpha value is -2.04. The first-order chi connectivity index (χ1) is 10.1. The van der Waals surface area contributed by atoms with E-state index in [1.165, 1.54) is 0 Å². The normalized spacial score (nSPS) is 11.9. The van der Waals surface area contributed by atoms with Crippen LogP contribution in [-0.2, 0) is 16.1 Å². The van der Waals surface area contributed by atoms with Gasteiger partial charge in [0.25, 0.3) is 5.91 Å². The highest BCUT2D eigenvalue weighted by molar-refractivity contribution is 6.31. The number of rotatable bonds is 5. The number of amides is 1. The third kappa shape index (κ3) is 4.48. The topological polar surface area (TPSA) is 64.3 Å². The van der Waals surface area contributed by atoms with E-state index in [2.05, 4.69) is 5.32 Å². The van der Waals surface area contributed by atoms with Crippen LogP contribution in [0.3, 0.4) is 0 Å². The van der Waals surface area contributed by atoms with Crippen molar-refractivity contribution in [3.8, 4) is 0 Å². The smallest absolute Gasteiger partial charge is 0.253 e. The Labute approximate surface area is 128 Å². The fourth-order valence-electron chi connectivity index (χ4n) is 1.77. The molecule has 110 valence electrons. The molecule has 0 heterocycles. The molecule has 0 saturated heterocycles. The molecule has 0 bridgehead atoms. The third-order valence-corrected chi connectivity index (χ3v) is 3.34. The highest BCUT2D eigenvalue weighted by atomic mass is 35.5. The Bertz CT molecular complexity index is 631. The molecule has 0 fully saturated rings. The number of carbonyl (C=O) groups is 1. The predicted octanol–water partition coefficient (Wildman–Crippen LogP) is 3.47. The summed E-state index contributed by atoms with van der Waals surface area (Å²) in [6.45, 7) is 1.98. The number of ether oxygens (including phenoxy) is 1. The van der Waals surface area contributed by atoms with Gasteiger partial charge in [0, 0.05) is 16.4 Å². The number of anilines is 2. The molecule has 2 aromatic rings. The highest BCUT2D eigenvalue weighted by Crippen LogP contribution is 2.17. The zero-order valence-corrected chi connectivity index (χ0v) is 12.4.